The molecule has 1 aliphatic rings. The molecule has 104 valence electrons. The summed E-state index contributed by atoms with van der Waals surface area (Å²) in [6, 6.07) is -1.26. The second kappa shape index (κ2) is 6.55. The summed E-state index contributed by atoms with van der Waals surface area (Å²) in [5.41, 5.74) is 0. The van der Waals surface area contributed by atoms with Gasteiger partial charge in [-0.1, -0.05) is 0 Å². The highest BCUT2D eigenvalue weighted by Crippen LogP contribution is 2.19. The lowest BCUT2D eigenvalue weighted by molar-refractivity contribution is -0.141. The smallest absolute Gasteiger partial charge is 0.326 e. The predicted molar refractivity (Wildman–Crippen MR) is 65.3 cm³/mol. The Morgan fingerprint density at radius 3 is 2.72 bits per heavy atom. The first-order chi connectivity index (χ1) is 8.47. The van der Waals surface area contributed by atoms with Crippen molar-refractivity contribution >= 4 is 12.0 Å². The second-order valence-electron chi connectivity index (χ2n) is 4.56. The van der Waals surface area contributed by atoms with Crippen LogP contribution < -0.4 is 5.32 Å². The highest BCUT2D eigenvalue weighted by molar-refractivity contribution is 5.83. The largest absolute Gasteiger partial charge is 0.480 e. The maximum Gasteiger partial charge on any atom is 0.326 e. The average Bonchev–Trinajstić information content (AvgIpc) is 2.70. The molecular formula is C11H21N3O4. The third-order valence-corrected chi connectivity index (χ3v) is 3.06. The van der Waals surface area contributed by atoms with Crippen molar-refractivity contribution in [1.29, 1.82) is 0 Å². The van der Waals surface area contributed by atoms with E-state index in [-0.39, 0.29) is 19.0 Å². The lowest BCUT2D eigenvalue weighted by Gasteiger charge is -2.27. The van der Waals surface area contributed by atoms with Gasteiger partial charge in [0.15, 0.2) is 0 Å². The van der Waals surface area contributed by atoms with E-state index >= 15 is 0 Å². The molecule has 0 aliphatic carbocycles. The zero-order valence-corrected chi connectivity index (χ0v) is 10.8. The number of β-amino-alcohol motifs (C(OH)–C–C–N with tert-alkyl or cyclic N) is 1. The summed E-state index contributed by atoms with van der Waals surface area (Å²) in [5.74, 6) is -1.07. The Balaban J connectivity index is 2.56. The molecule has 1 fully saturated rings. The number of aliphatic carboxylic acids is 1. The number of nitrogens with one attached hydrogen (secondary N) is 1. The lowest BCUT2D eigenvalue weighted by atomic mass is 10.2. The number of amides is 2. The number of hydrogen-bond donors (Lipinski definition) is 3. The van der Waals surface area contributed by atoms with Gasteiger partial charge in [-0.05, 0) is 20.0 Å². The number of carboxylic acid groups (broad SMARTS) is 1. The van der Waals surface area contributed by atoms with Gasteiger partial charge in [-0.3, -0.25) is 0 Å². The van der Waals surface area contributed by atoms with Gasteiger partial charge in [-0.25, -0.2) is 9.59 Å². The van der Waals surface area contributed by atoms with Crippen LogP contribution in [0.3, 0.4) is 0 Å². The van der Waals surface area contributed by atoms with Crippen molar-refractivity contribution in [2.45, 2.75) is 25.0 Å². The molecule has 2 atom stereocenters. The van der Waals surface area contributed by atoms with Crippen molar-refractivity contribution < 1.29 is 19.8 Å². The van der Waals surface area contributed by atoms with Crippen molar-refractivity contribution in [3.05, 3.63) is 0 Å². The zero-order valence-electron chi connectivity index (χ0n) is 10.8. The van der Waals surface area contributed by atoms with E-state index in [1.807, 2.05) is 7.05 Å². The van der Waals surface area contributed by atoms with E-state index in [4.69, 9.17) is 5.11 Å². The fraction of sp³-hybridized carbons (Fsp3) is 0.818. The summed E-state index contributed by atoms with van der Waals surface area (Å²) in [6.45, 7) is 1.44. The standard InChI is InChI=1S/C11H21N3O4/c1-12-4-3-5-13(2)11(18)14-7-8(15)6-9(14)10(16)17/h8-9,12,15H,3-7H2,1-2H3,(H,16,17)/t8-,9-/m1/s1. The number of urea groups is 1. The van der Waals surface area contributed by atoms with Crippen LogP contribution in [-0.2, 0) is 4.79 Å². The maximum absolute atomic E-state index is 12.1. The quantitative estimate of drug-likeness (QED) is 0.560. The second-order valence-corrected chi connectivity index (χ2v) is 4.56. The Bertz CT molecular complexity index is 311. The molecule has 7 nitrogen and oxygen atoms in total. The first-order valence-corrected chi connectivity index (χ1v) is 6.04. The van der Waals surface area contributed by atoms with E-state index in [0.29, 0.717) is 6.54 Å². The first-order valence-electron chi connectivity index (χ1n) is 6.04. The van der Waals surface area contributed by atoms with Gasteiger partial charge < -0.3 is 25.3 Å². The summed E-state index contributed by atoms with van der Waals surface area (Å²) in [5, 5.41) is 21.5. The Hall–Kier alpha value is -1.34. The van der Waals surface area contributed by atoms with Crippen LogP contribution in [0.1, 0.15) is 12.8 Å². The minimum atomic E-state index is -1.07. The van der Waals surface area contributed by atoms with Gasteiger partial charge >= 0.3 is 12.0 Å². The van der Waals surface area contributed by atoms with E-state index in [1.54, 1.807) is 7.05 Å². The Kier molecular flexibility index (Phi) is 5.36. The SMILES string of the molecule is CNCCCN(C)C(=O)N1C[C@H](O)C[C@@H]1C(=O)O. The van der Waals surface area contributed by atoms with Gasteiger partial charge in [0.2, 0.25) is 0 Å². The van der Waals surface area contributed by atoms with Crippen LogP contribution in [-0.4, -0.2) is 77.9 Å². The fourth-order valence-electron chi connectivity index (χ4n) is 2.07. The number of aliphatic hydroxyl groups is 1. The van der Waals surface area contributed by atoms with Gasteiger partial charge in [-0.2, -0.15) is 0 Å². The van der Waals surface area contributed by atoms with Crippen molar-refractivity contribution in [2.24, 2.45) is 0 Å². The normalized spacial score (nSPS) is 23.2. The van der Waals surface area contributed by atoms with Crippen LogP contribution >= 0.6 is 0 Å². The third-order valence-electron chi connectivity index (χ3n) is 3.06. The van der Waals surface area contributed by atoms with Crippen molar-refractivity contribution in [3.8, 4) is 0 Å². The van der Waals surface area contributed by atoms with Crippen molar-refractivity contribution in [2.75, 3.05) is 33.7 Å². The topological polar surface area (TPSA) is 93.1 Å². The summed E-state index contributed by atoms with van der Waals surface area (Å²) in [4.78, 5) is 25.8. The molecule has 0 aromatic heterocycles. The monoisotopic (exact) mass is 259 g/mol. The van der Waals surface area contributed by atoms with E-state index in [9.17, 15) is 14.7 Å². The molecule has 18 heavy (non-hydrogen) atoms. The van der Waals surface area contributed by atoms with Crippen molar-refractivity contribution in [1.82, 2.24) is 15.1 Å². The lowest BCUT2D eigenvalue weighted by Crippen LogP contribution is -2.47. The van der Waals surface area contributed by atoms with Gasteiger partial charge in [0, 0.05) is 26.6 Å². The maximum atomic E-state index is 12.1. The van der Waals surface area contributed by atoms with E-state index in [2.05, 4.69) is 5.32 Å². The van der Waals surface area contributed by atoms with Gasteiger partial charge in [0.25, 0.3) is 0 Å². The molecule has 1 aliphatic heterocycles. The number of aliphatic hydroxyl groups excluding tert-OH is 1. The zero-order chi connectivity index (χ0) is 13.7. The Morgan fingerprint density at radius 2 is 2.17 bits per heavy atom. The summed E-state index contributed by atoms with van der Waals surface area (Å²) >= 11 is 0. The minimum Gasteiger partial charge on any atom is -0.480 e. The molecule has 3 N–H and O–H groups in total. The molecule has 0 unspecified atom stereocenters. The molecule has 0 radical (unpaired) electrons. The molecule has 0 saturated carbocycles. The van der Waals surface area contributed by atoms with Crippen LogP contribution in [0.5, 0.6) is 0 Å². The number of carboxylic acids is 1. The highest BCUT2D eigenvalue weighted by atomic mass is 16.4. The molecule has 7 heteroatoms. The van der Waals surface area contributed by atoms with E-state index in [1.165, 1.54) is 9.80 Å². The predicted octanol–water partition coefficient (Wildman–Crippen LogP) is -0.832. The number of nitrogens with zero attached hydrogens (tertiary/aromatic N) is 2. The van der Waals surface area contributed by atoms with Gasteiger partial charge in [0.05, 0.1) is 6.10 Å². The van der Waals surface area contributed by atoms with E-state index in [0.717, 1.165) is 13.0 Å². The third kappa shape index (κ3) is 3.58. The summed E-state index contributed by atoms with van der Waals surface area (Å²) < 4.78 is 0. The van der Waals surface area contributed by atoms with Crippen LogP contribution in [0.4, 0.5) is 4.79 Å². The molecule has 0 spiro atoms. The fourth-order valence-corrected chi connectivity index (χ4v) is 2.07. The Morgan fingerprint density at radius 1 is 1.50 bits per heavy atom. The number of carbonyl (C=O) groups is 2. The van der Waals surface area contributed by atoms with Crippen LogP contribution in [0.2, 0.25) is 0 Å². The molecule has 1 rings (SSSR count). The molecule has 0 bridgehead atoms. The molecule has 0 aromatic rings. The van der Waals surface area contributed by atoms with Crippen LogP contribution in [0, 0.1) is 0 Å². The van der Waals surface area contributed by atoms with Crippen LogP contribution in [0.25, 0.3) is 0 Å². The van der Waals surface area contributed by atoms with Gasteiger partial charge in [0.1, 0.15) is 6.04 Å². The molecule has 1 heterocycles. The molecular weight excluding hydrogens is 238 g/mol. The molecule has 0 aromatic carbocycles. The molecule has 1 saturated heterocycles. The number of likely N-dealkylation sites (tertiary alicyclic amines) is 1. The summed E-state index contributed by atoms with van der Waals surface area (Å²) in [6.07, 6.45) is 0.152. The Labute approximate surface area is 106 Å². The average molecular weight is 259 g/mol. The summed E-state index contributed by atoms with van der Waals surface area (Å²) in [7, 11) is 3.47. The highest BCUT2D eigenvalue weighted by Gasteiger charge is 2.39. The number of hydrogen-bond acceptors (Lipinski definition) is 4. The van der Waals surface area contributed by atoms with Crippen molar-refractivity contribution in [3.63, 3.8) is 0 Å². The number of carbonyl (C=O) groups excluding carboxylic acids is 1. The van der Waals surface area contributed by atoms with E-state index < -0.39 is 18.1 Å². The molecule has 2 amide bonds. The van der Waals surface area contributed by atoms with Crippen LogP contribution in [0.15, 0.2) is 0 Å². The number of rotatable bonds is 5. The minimum absolute atomic E-state index is 0.0895. The van der Waals surface area contributed by atoms with Gasteiger partial charge in [-0.15, -0.1) is 0 Å². The first kappa shape index (κ1) is 14.7.